The van der Waals surface area contributed by atoms with Gasteiger partial charge in [-0.05, 0) is 43.0 Å². The minimum atomic E-state index is -0.369. The lowest BCUT2D eigenvalue weighted by atomic mass is 10.00. The van der Waals surface area contributed by atoms with Crippen LogP contribution in [0.1, 0.15) is 30.4 Å². The van der Waals surface area contributed by atoms with E-state index in [0.29, 0.717) is 28.7 Å². The minimum Gasteiger partial charge on any atom is -0.489 e. The van der Waals surface area contributed by atoms with Gasteiger partial charge in [-0.15, -0.1) is 0 Å². The summed E-state index contributed by atoms with van der Waals surface area (Å²) in [4.78, 5) is 19.6. The standard InChI is InChI=1S/C26H25FN2O3S/c1-31-26(30)23-15-22-25(33-23)29(18-10-6-3-7-11-18)24(28-22)20-13-12-19(14-21(20)27)32-16-17-8-4-2-5-9-17/h2,4-6,8-10,12-15,18,22,25H,3,7,11,16H2,1H3. The zero-order valence-electron chi connectivity index (χ0n) is 18.3. The number of halogens is 1. The van der Waals surface area contributed by atoms with E-state index >= 15 is 4.39 Å². The number of ether oxygens (including phenoxy) is 2. The lowest BCUT2D eigenvalue weighted by Crippen LogP contribution is -2.44. The van der Waals surface area contributed by atoms with Crippen LogP contribution in [0.3, 0.4) is 0 Å². The quantitative estimate of drug-likeness (QED) is 0.441. The summed E-state index contributed by atoms with van der Waals surface area (Å²) in [6, 6.07) is 14.6. The number of thioether (sulfide) groups is 1. The molecule has 170 valence electrons. The van der Waals surface area contributed by atoms with Crippen LogP contribution in [0.4, 0.5) is 4.39 Å². The summed E-state index contributed by atoms with van der Waals surface area (Å²) in [6.07, 6.45) is 9.26. The maximum absolute atomic E-state index is 15.3. The first-order valence-corrected chi connectivity index (χ1v) is 12.0. The molecule has 0 amide bonds. The highest BCUT2D eigenvalue weighted by Gasteiger charge is 2.45. The van der Waals surface area contributed by atoms with Crippen LogP contribution in [-0.4, -0.2) is 41.3 Å². The van der Waals surface area contributed by atoms with Crippen molar-refractivity contribution in [3.63, 3.8) is 0 Å². The van der Waals surface area contributed by atoms with Gasteiger partial charge in [-0.1, -0.05) is 54.2 Å². The van der Waals surface area contributed by atoms with Crippen molar-refractivity contribution in [2.45, 2.75) is 43.3 Å². The van der Waals surface area contributed by atoms with Gasteiger partial charge < -0.3 is 14.4 Å². The number of esters is 1. The van der Waals surface area contributed by atoms with Crippen molar-refractivity contribution in [2.24, 2.45) is 4.99 Å². The third-order valence-corrected chi connectivity index (χ3v) is 7.36. The molecule has 3 unspecified atom stereocenters. The van der Waals surface area contributed by atoms with Crippen LogP contribution in [0.2, 0.25) is 0 Å². The summed E-state index contributed by atoms with van der Waals surface area (Å²) in [5.41, 5.74) is 1.47. The molecule has 0 spiro atoms. The Labute approximate surface area is 197 Å². The Bertz CT molecular complexity index is 1130. The number of amidine groups is 1. The largest absolute Gasteiger partial charge is 0.489 e. The van der Waals surface area contributed by atoms with Gasteiger partial charge in [0, 0.05) is 12.1 Å². The van der Waals surface area contributed by atoms with Gasteiger partial charge in [-0.3, -0.25) is 4.99 Å². The average molecular weight is 465 g/mol. The van der Waals surface area contributed by atoms with Gasteiger partial charge in [0.05, 0.1) is 17.6 Å². The molecule has 0 saturated carbocycles. The predicted octanol–water partition coefficient (Wildman–Crippen LogP) is 5.07. The molecule has 3 aliphatic rings. The monoisotopic (exact) mass is 464 g/mol. The minimum absolute atomic E-state index is 0.0877. The second-order valence-electron chi connectivity index (χ2n) is 8.22. The molecule has 0 radical (unpaired) electrons. The normalized spacial score (nSPS) is 23.7. The van der Waals surface area contributed by atoms with Crippen molar-refractivity contribution in [1.82, 2.24) is 4.90 Å². The molecular formula is C26H25FN2O3S. The van der Waals surface area contributed by atoms with E-state index in [1.807, 2.05) is 36.4 Å². The van der Waals surface area contributed by atoms with E-state index in [0.717, 1.165) is 24.8 Å². The summed E-state index contributed by atoms with van der Waals surface area (Å²) < 4.78 is 26.0. The number of allylic oxidation sites excluding steroid dienone is 1. The van der Waals surface area contributed by atoms with Gasteiger partial charge in [0.2, 0.25) is 0 Å². The van der Waals surface area contributed by atoms with Gasteiger partial charge in [0.1, 0.15) is 35.4 Å². The molecule has 5 rings (SSSR count). The van der Waals surface area contributed by atoms with Crippen molar-refractivity contribution in [1.29, 1.82) is 0 Å². The number of benzene rings is 2. The van der Waals surface area contributed by atoms with E-state index in [1.165, 1.54) is 24.9 Å². The molecule has 3 atom stereocenters. The lowest BCUT2D eigenvalue weighted by Gasteiger charge is -2.35. The maximum atomic E-state index is 15.3. The van der Waals surface area contributed by atoms with Crippen LogP contribution in [-0.2, 0) is 16.1 Å². The van der Waals surface area contributed by atoms with Crippen molar-refractivity contribution < 1.29 is 18.7 Å². The topological polar surface area (TPSA) is 51.1 Å². The smallest absolute Gasteiger partial charge is 0.344 e. The molecule has 0 saturated heterocycles. The third-order valence-electron chi connectivity index (χ3n) is 6.05. The number of nitrogens with zero attached hydrogens (tertiary/aromatic N) is 2. The van der Waals surface area contributed by atoms with Crippen LogP contribution in [0.15, 0.2) is 76.7 Å². The number of carbonyl (C=O) groups excluding carboxylic acids is 1. The number of fused-ring (bicyclic) bond motifs is 1. The van der Waals surface area contributed by atoms with E-state index in [-0.39, 0.29) is 29.2 Å². The fourth-order valence-electron chi connectivity index (χ4n) is 4.43. The zero-order chi connectivity index (χ0) is 22.8. The second kappa shape index (κ2) is 9.43. The Morgan fingerprint density at radius 1 is 1.24 bits per heavy atom. The SMILES string of the molecule is COC(=O)C1=CC2N=C(c3ccc(OCc4ccccc4)cc3F)N(C3C=CCCC3)C2S1. The molecule has 7 heteroatoms. The number of methoxy groups -OCH3 is 1. The predicted molar refractivity (Wildman–Crippen MR) is 128 cm³/mol. The van der Waals surface area contributed by atoms with Crippen molar-refractivity contribution in [3.05, 3.63) is 88.6 Å². The highest BCUT2D eigenvalue weighted by atomic mass is 32.2. The van der Waals surface area contributed by atoms with E-state index in [2.05, 4.69) is 17.1 Å². The van der Waals surface area contributed by atoms with Crippen LogP contribution in [0.5, 0.6) is 5.75 Å². The average Bonchev–Trinajstić information content (AvgIpc) is 3.41. The first-order valence-electron chi connectivity index (χ1n) is 11.1. The lowest BCUT2D eigenvalue weighted by molar-refractivity contribution is -0.135. The van der Waals surface area contributed by atoms with Crippen molar-refractivity contribution >= 4 is 23.6 Å². The molecular weight excluding hydrogens is 439 g/mol. The summed E-state index contributed by atoms with van der Waals surface area (Å²) in [7, 11) is 1.38. The molecule has 0 bridgehead atoms. The fourth-order valence-corrected chi connectivity index (χ4v) is 5.74. The number of carbonyl (C=O) groups is 1. The maximum Gasteiger partial charge on any atom is 0.344 e. The molecule has 0 N–H and O–H groups in total. The molecule has 2 aliphatic heterocycles. The van der Waals surface area contributed by atoms with Crippen LogP contribution >= 0.6 is 11.8 Å². The Kier molecular flexibility index (Phi) is 6.22. The van der Waals surface area contributed by atoms with Gasteiger partial charge in [0.25, 0.3) is 0 Å². The Morgan fingerprint density at radius 3 is 2.82 bits per heavy atom. The van der Waals surface area contributed by atoms with E-state index < -0.39 is 0 Å². The fraction of sp³-hybridized carbons (Fsp3) is 0.308. The molecule has 2 aromatic rings. The molecule has 2 heterocycles. The number of aliphatic imine (C=N–C) groups is 1. The number of hydrogen-bond donors (Lipinski definition) is 0. The first kappa shape index (κ1) is 21.8. The molecule has 2 aromatic carbocycles. The van der Waals surface area contributed by atoms with Crippen LogP contribution < -0.4 is 4.74 Å². The highest BCUT2D eigenvalue weighted by Crippen LogP contribution is 2.44. The summed E-state index contributed by atoms with van der Waals surface area (Å²) in [5, 5.41) is -0.0877. The van der Waals surface area contributed by atoms with Crippen molar-refractivity contribution in [2.75, 3.05) is 7.11 Å². The highest BCUT2D eigenvalue weighted by molar-refractivity contribution is 8.04. The van der Waals surface area contributed by atoms with Crippen LogP contribution in [0, 0.1) is 5.82 Å². The second-order valence-corrected chi connectivity index (χ2v) is 9.38. The van der Waals surface area contributed by atoms with Gasteiger partial charge >= 0.3 is 5.97 Å². The first-order chi connectivity index (χ1) is 16.1. The zero-order valence-corrected chi connectivity index (χ0v) is 19.1. The van der Waals surface area contributed by atoms with Crippen molar-refractivity contribution in [3.8, 4) is 5.75 Å². The third kappa shape index (κ3) is 4.42. The molecule has 1 aliphatic carbocycles. The summed E-state index contributed by atoms with van der Waals surface area (Å²) in [5.74, 6) is 0.384. The Balaban J connectivity index is 1.42. The summed E-state index contributed by atoms with van der Waals surface area (Å²) >= 11 is 1.45. The Morgan fingerprint density at radius 2 is 2.09 bits per heavy atom. The number of rotatable bonds is 6. The van der Waals surface area contributed by atoms with Gasteiger partial charge in [-0.2, -0.15) is 0 Å². The Hall–Kier alpha value is -3.06. The van der Waals surface area contributed by atoms with Gasteiger partial charge in [-0.25, -0.2) is 9.18 Å². The number of hydrogen-bond acceptors (Lipinski definition) is 6. The van der Waals surface area contributed by atoms with Crippen LogP contribution in [0.25, 0.3) is 0 Å². The van der Waals surface area contributed by atoms with Gasteiger partial charge in [0.15, 0.2) is 0 Å². The molecule has 5 nitrogen and oxygen atoms in total. The summed E-state index contributed by atoms with van der Waals surface area (Å²) in [6.45, 7) is 0.376. The van der Waals surface area contributed by atoms with E-state index in [9.17, 15) is 4.79 Å². The van der Waals surface area contributed by atoms with E-state index in [4.69, 9.17) is 14.5 Å². The molecule has 0 fully saturated rings. The molecule has 33 heavy (non-hydrogen) atoms. The van der Waals surface area contributed by atoms with E-state index in [1.54, 1.807) is 12.1 Å². The molecule has 0 aromatic heterocycles.